The zero-order valence-electron chi connectivity index (χ0n) is 13.3. The van der Waals surface area contributed by atoms with Crippen LogP contribution in [0, 0.1) is 5.92 Å². The first kappa shape index (κ1) is 16.9. The van der Waals surface area contributed by atoms with Crippen LogP contribution < -0.4 is 10.1 Å². The molecule has 2 rings (SSSR count). The Labute approximate surface area is 137 Å². The van der Waals surface area contributed by atoms with Crippen LogP contribution in [0.3, 0.4) is 0 Å². The predicted molar refractivity (Wildman–Crippen MR) is 89.5 cm³/mol. The number of carbonyl (C=O) groups is 1. The maximum atomic E-state index is 12.2. The van der Waals surface area contributed by atoms with E-state index < -0.39 is 0 Å². The Hall–Kier alpha value is -1.42. The van der Waals surface area contributed by atoms with Crippen LogP contribution in [0.1, 0.15) is 32.6 Å². The molecule has 1 aliphatic rings. The molecule has 1 N–H and O–H groups in total. The highest BCUT2D eigenvalue weighted by Crippen LogP contribution is 2.23. The number of rotatable bonds is 5. The van der Waals surface area contributed by atoms with E-state index in [4.69, 9.17) is 16.3 Å². The van der Waals surface area contributed by atoms with Gasteiger partial charge in [0.25, 0.3) is 0 Å². The number of ether oxygens (including phenoxy) is 1. The lowest BCUT2D eigenvalue weighted by Gasteiger charge is -2.31. The average Bonchev–Trinajstić information content (AvgIpc) is 2.49. The maximum Gasteiger partial charge on any atom is 0.317 e. The SMILES string of the molecule is C[C@H]1CCCC[C@@H]1NC(=O)N(C)CCOc1cccc(Cl)c1. The summed E-state index contributed by atoms with van der Waals surface area (Å²) >= 11 is 5.90. The highest BCUT2D eigenvalue weighted by molar-refractivity contribution is 6.30. The van der Waals surface area contributed by atoms with E-state index in [1.165, 1.54) is 19.3 Å². The summed E-state index contributed by atoms with van der Waals surface area (Å²) in [5.74, 6) is 1.29. The summed E-state index contributed by atoms with van der Waals surface area (Å²) in [6, 6.07) is 7.56. The van der Waals surface area contributed by atoms with E-state index in [9.17, 15) is 4.79 Å². The molecule has 0 aliphatic heterocycles. The van der Waals surface area contributed by atoms with Gasteiger partial charge in [0.15, 0.2) is 0 Å². The minimum absolute atomic E-state index is 0.0200. The first-order chi connectivity index (χ1) is 10.6. The van der Waals surface area contributed by atoms with Crippen molar-refractivity contribution in [2.24, 2.45) is 5.92 Å². The van der Waals surface area contributed by atoms with Crippen molar-refractivity contribution in [2.75, 3.05) is 20.2 Å². The van der Waals surface area contributed by atoms with Gasteiger partial charge in [-0.15, -0.1) is 0 Å². The van der Waals surface area contributed by atoms with E-state index in [0.717, 1.165) is 12.2 Å². The van der Waals surface area contributed by atoms with Crippen LogP contribution in [-0.4, -0.2) is 37.2 Å². The van der Waals surface area contributed by atoms with Crippen LogP contribution >= 0.6 is 11.6 Å². The van der Waals surface area contributed by atoms with E-state index in [1.807, 2.05) is 12.1 Å². The Bertz CT molecular complexity index is 495. The Morgan fingerprint density at radius 2 is 2.18 bits per heavy atom. The molecular formula is C17H25ClN2O2. The average molecular weight is 325 g/mol. The van der Waals surface area contributed by atoms with Crippen LogP contribution in [-0.2, 0) is 0 Å². The number of nitrogens with one attached hydrogen (secondary N) is 1. The number of benzene rings is 1. The molecule has 22 heavy (non-hydrogen) atoms. The summed E-state index contributed by atoms with van der Waals surface area (Å²) in [7, 11) is 1.80. The zero-order valence-corrected chi connectivity index (χ0v) is 14.1. The minimum atomic E-state index is -0.0200. The fourth-order valence-electron chi connectivity index (χ4n) is 2.76. The Balaban J connectivity index is 1.72. The molecule has 122 valence electrons. The molecule has 0 radical (unpaired) electrons. The number of hydrogen-bond acceptors (Lipinski definition) is 2. The van der Waals surface area contributed by atoms with Gasteiger partial charge in [0.1, 0.15) is 12.4 Å². The van der Waals surface area contributed by atoms with Gasteiger partial charge < -0.3 is 15.0 Å². The number of hydrogen-bond donors (Lipinski definition) is 1. The second-order valence-electron chi connectivity index (χ2n) is 6.05. The normalized spacial score (nSPS) is 21.2. The van der Waals surface area contributed by atoms with Crippen LogP contribution in [0.2, 0.25) is 5.02 Å². The summed E-state index contributed by atoms with van der Waals surface area (Å²) in [6.07, 6.45) is 4.76. The topological polar surface area (TPSA) is 41.6 Å². The summed E-state index contributed by atoms with van der Waals surface area (Å²) in [4.78, 5) is 13.9. The molecule has 1 fully saturated rings. The van der Waals surface area contributed by atoms with Gasteiger partial charge in [0, 0.05) is 18.1 Å². The summed E-state index contributed by atoms with van der Waals surface area (Å²) < 4.78 is 5.61. The Morgan fingerprint density at radius 1 is 1.41 bits per heavy atom. The van der Waals surface area contributed by atoms with E-state index in [2.05, 4.69) is 12.2 Å². The molecule has 0 aromatic heterocycles. The molecule has 5 heteroatoms. The van der Waals surface area contributed by atoms with Gasteiger partial charge in [0.2, 0.25) is 0 Å². The highest BCUT2D eigenvalue weighted by Gasteiger charge is 2.23. The monoisotopic (exact) mass is 324 g/mol. The largest absolute Gasteiger partial charge is 0.492 e. The van der Waals surface area contributed by atoms with E-state index in [0.29, 0.717) is 30.1 Å². The van der Waals surface area contributed by atoms with Crippen molar-refractivity contribution in [1.82, 2.24) is 10.2 Å². The van der Waals surface area contributed by atoms with Crippen LogP contribution in [0.5, 0.6) is 5.75 Å². The van der Waals surface area contributed by atoms with E-state index >= 15 is 0 Å². The molecule has 2 amide bonds. The van der Waals surface area contributed by atoms with Gasteiger partial charge in [-0.3, -0.25) is 0 Å². The molecule has 0 unspecified atom stereocenters. The van der Waals surface area contributed by atoms with Gasteiger partial charge >= 0.3 is 6.03 Å². The summed E-state index contributed by atoms with van der Waals surface area (Å²) in [6.45, 7) is 3.20. The van der Waals surface area contributed by atoms with Crippen LogP contribution in [0.4, 0.5) is 4.79 Å². The third-order valence-corrected chi connectivity index (χ3v) is 4.49. The predicted octanol–water partition coefficient (Wildman–Crippen LogP) is 3.94. The van der Waals surface area contributed by atoms with Crippen molar-refractivity contribution >= 4 is 17.6 Å². The first-order valence-electron chi connectivity index (χ1n) is 7.96. The van der Waals surface area contributed by atoms with E-state index in [-0.39, 0.29) is 6.03 Å². The fourth-order valence-corrected chi connectivity index (χ4v) is 2.94. The molecule has 1 aromatic carbocycles. The number of urea groups is 1. The van der Waals surface area contributed by atoms with Gasteiger partial charge in [0.05, 0.1) is 6.54 Å². The first-order valence-corrected chi connectivity index (χ1v) is 8.34. The molecular weight excluding hydrogens is 300 g/mol. The highest BCUT2D eigenvalue weighted by atomic mass is 35.5. The van der Waals surface area contributed by atoms with Crippen molar-refractivity contribution in [3.8, 4) is 5.75 Å². The lowest BCUT2D eigenvalue weighted by atomic mass is 9.86. The maximum absolute atomic E-state index is 12.2. The molecule has 4 nitrogen and oxygen atoms in total. The molecule has 0 saturated heterocycles. The number of carbonyl (C=O) groups excluding carboxylic acids is 1. The Kier molecular flexibility index (Phi) is 6.37. The second kappa shape index (κ2) is 8.28. The third-order valence-electron chi connectivity index (χ3n) is 4.26. The van der Waals surface area contributed by atoms with Gasteiger partial charge in [-0.1, -0.05) is 37.4 Å². The molecule has 1 aliphatic carbocycles. The Morgan fingerprint density at radius 3 is 2.91 bits per heavy atom. The van der Waals surface area contributed by atoms with Gasteiger partial charge in [-0.05, 0) is 37.0 Å². The fraction of sp³-hybridized carbons (Fsp3) is 0.588. The van der Waals surface area contributed by atoms with Gasteiger partial charge in [-0.25, -0.2) is 4.79 Å². The van der Waals surface area contributed by atoms with Crippen molar-refractivity contribution in [3.63, 3.8) is 0 Å². The number of nitrogens with zero attached hydrogens (tertiary/aromatic N) is 1. The minimum Gasteiger partial charge on any atom is -0.492 e. The van der Waals surface area contributed by atoms with E-state index in [1.54, 1.807) is 24.1 Å². The number of amides is 2. The molecule has 0 spiro atoms. The molecule has 1 saturated carbocycles. The van der Waals surface area contributed by atoms with Crippen molar-refractivity contribution in [1.29, 1.82) is 0 Å². The van der Waals surface area contributed by atoms with Crippen molar-refractivity contribution < 1.29 is 9.53 Å². The van der Waals surface area contributed by atoms with Crippen LogP contribution in [0.25, 0.3) is 0 Å². The molecule has 2 atom stereocenters. The number of halogens is 1. The second-order valence-corrected chi connectivity index (χ2v) is 6.48. The molecule has 0 bridgehead atoms. The molecule has 0 heterocycles. The standard InChI is InChI=1S/C17H25ClN2O2/c1-13-6-3-4-9-16(13)19-17(21)20(2)10-11-22-15-8-5-7-14(18)12-15/h5,7-8,12-13,16H,3-4,6,9-11H2,1-2H3,(H,19,21)/t13-,16-/m0/s1. The summed E-state index contributed by atoms with van der Waals surface area (Å²) in [5, 5.41) is 3.78. The van der Waals surface area contributed by atoms with Crippen molar-refractivity contribution in [2.45, 2.75) is 38.6 Å². The lowest BCUT2D eigenvalue weighted by molar-refractivity contribution is 0.181. The summed E-state index contributed by atoms with van der Waals surface area (Å²) in [5.41, 5.74) is 0. The lowest BCUT2D eigenvalue weighted by Crippen LogP contribution is -2.47. The van der Waals surface area contributed by atoms with Crippen molar-refractivity contribution in [3.05, 3.63) is 29.3 Å². The third kappa shape index (κ3) is 5.09. The van der Waals surface area contributed by atoms with Crippen LogP contribution in [0.15, 0.2) is 24.3 Å². The smallest absolute Gasteiger partial charge is 0.317 e. The quantitative estimate of drug-likeness (QED) is 0.891. The zero-order chi connectivity index (χ0) is 15.9. The molecule has 1 aromatic rings. The van der Waals surface area contributed by atoms with Gasteiger partial charge in [-0.2, -0.15) is 0 Å². The number of likely N-dealkylation sites (N-methyl/N-ethyl adjacent to an activating group) is 1.